The molecule has 0 spiro atoms. The molecule has 2 heterocycles. The zero-order valence-electron chi connectivity index (χ0n) is 17.5. The van der Waals surface area contributed by atoms with E-state index in [4.69, 9.17) is 0 Å². The number of nitrogens with zero attached hydrogens (tertiary/aromatic N) is 3. The average molecular weight is 388 g/mol. The highest BCUT2D eigenvalue weighted by atomic mass is 16.3. The lowest BCUT2D eigenvalue weighted by molar-refractivity contribution is 0.143. The van der Waals surface area contributed by atoms with Gasteiger partial charge < -0.3 is 10.0 Å². The second kappa shape index (κ2) is 7.51. The van der Waals surface area contributed by atoms with Crippen molar-refractivity contribution in [3.63, 3.8) is 0 Å². The second-order valence-electron chi connectivity index (χ2n) is 9.00. The molecule has 1 aliphatic heterocycles. The molecule has 3 aromatic rings. The van der Waals surface area contributed by atoms with Crippen LogP contribution in [-0.4, -0.2) is 28.4 Å². The summed E-state index contributed by atoms with van der Waals surface area (Å²) in [5.74, 6) is 0.230. The van der Waals surface area contributed by atoms with Crippen LogP contribution in [0.15, 0.2) is 66.9 Å². The summed E-state index contributed by atoms with van der Waals surface area (Å²) in [6.07, 6.45) is 4.01. The minimum atomic E-state index is 0.158. The molecule has 2 aromatic carbocycles. The maximum Gasteiger partial charge on any atom is 0.125 e. The maximum absolute atomic E-state index is 10.2. The molecule has 0 radical (unpaired) electrons. The predicted octanol–water partition coefficient (Wildman–Crippen LogP) is 5.43. The fourth-order valence-corrected chi connectivity index (χ4v) is 4.73. The van der Waals surface area contributed by atoms with Gasteiger partial charge in [-0.25, -0.2) is 0 Å². The van der Waals surface area contributed by atoms with Gasteiger partial charge in [0.25, 0.3) is 0 Å². The minimum Gasteiger partial charge on any atom is -0.507 e. The molecule has 4 heteroatoms. The summed E-state index contributed by atoms with van der Waals surface area (Å²) < 4.78 is 0. The van der Waals surface area contributed by atoms with Gasteiger partial charge in [0, 0.05) is 24.1 Å². The van der Waals surface area contributed by atoms with E-state index in [1.807, 2.05) is 30.5 Å². The Kier molecular flexibility index (Phi) is 5.03. The Labute approximate surface area is 173 Å². The minimum absolute atomic E-state index is 0.158. The van der Waals surface area contributed by atoms with E-state index in [1.165, 1.54) is 5.56 Å². The van der Waals surface area contributed by atoms with Crippen LogP contribution in [0.5, 0.6) is 5.75 Å². The lowest BCUT2D eigenvalue weighted by atomic mass is 9.58. The van der Waals surface area contributed by atoms with Crippen molar-refractivity contribution in [3.05, 3.63) is 72.4 Å². The Balaban J connectivity index is 1.60. The van der Waals surface area contributed by atoms with Crippen molar-refractivity contribution >= 4 is 5.69 Å². The molecule has 0 saturated carbocycles. The molecule has 1 aliphatic rings. The highest BCUT2D eigenvalue weighted by molar-refractivity contribution is 5.69. The van der Waals surface area contributed by atoms with Gasteiger partial charge in [-0.15, -0.1) is 0 Å². The predicted molar refractivity (Wildman–Crippen MR) is 118 cm³/mol. The molecule has 0 amide bonds. The summed E-state index contributed by atoms with van der Waals surface area (Å²) in [7, 11) is 0. The molecule has 0 unspecified atom stereocenters. The molecule has 0 atom stereocenters. The highest BCUT2D eigenvalue weighted by Gasteiger charge is 2.45. The summed E-state index contributed by atoms with van der Waals surface area (Å²) in [5.41, 5.74) is 4.26. The van der Waals surface area contributed by atoms with E-state index in [1.54, 1.807) is 6.07 Å². The number of hydrogen-bond acceptors (Lipinski definition) is 4. The molecule has 0 bridgehead atoms. The topological polar surface area (TPSA) is 49.2 Å². The normalized spacial score (nSPS) is 16.6. The van der Waals surface area contributed by atoms with Gasteiger partial charge in [0.15, 0.2) is 0 Å². The van der Waals surface area contributed by atoms with Crippen LogP contribution in [0.25, 0.3) is 11.3 Å². The molecular formula is C25H29N3O. The molecule has 4 nitrogen and oxygen atoms in total. The number of piperidine rings is 1. The van der Waals surface area contributed by atoms with E-state index in [9.17, 15) is 5.11 Å². The van der Waals surface area contributed by atoms with Crippen molar-refractivity contribution in [2.45, 2.75) is 39.0 Å². The lowest BCUT2D eigenvalue weighted by Gasteiger charge is -2.51. The molecule has 1 N–H and O–H groups in total. The fourth-order valence-electron chi connectivity index (χ4n) is 4.73. The van der Waals surface area contributed by atoms with E-state index in [0.29, 0.717) is 11.3 Å². The third kappa shape index (κ3) is 3.59. The quantitative estimate of drug-likeness (QED) is 0.651. The first-order valence-corrected chi connectivity index (χ1v) is 10.3. The summed E-state index contributed by atoms with van der Waals surface area (Å²) in [5, 5.41) is 18.6. The fraction of sp³-hybridized carbons (Fsp3) is 0.360. The van der Waals surface area contributed by atoms with Gasteiger partial charge in [-0.3, -0.25) is 0 Å². The van der Waals surface area contributed by atoms with E-state index in [0.717, 1.165) is 31.6 Å². The van der Waals surface area contributed by atoms with Gasteiger partial charge in [-0.1, -0.05) is 63.2 Å². The standard InChI is InChI=1S/C25H29N3O/c1-24(2,3)25(19-9-5-4-6-10-19)13-15-28(16-14-25)20-17-22(27-26-18-20)21-11-7-8-12-23(21)29/h4-12,17-18,29H,13-16H2,1-3H3. The zero-order valence-corrected chi connectivity index (χ0v) is 17.5. The highest BCUT2D eigenvalue weighted by Crippen LogP contribution is 2.49. The van der Waals surface area contributed by atoms with Gasteiger partial charge >= 0.3 is 0 Å². The van der Waals surface area contributed by atoms with Crippen LogP contribution >= 0.6 is 0 Å². The number of anilines is 1. The number of aromatic hydroxyl groups is 1. The summed E-state index contributed by atoms with van der Waals surface area (Å²) >= 11 is 0. The van der Waals surface area contributed by atoms with Crippen LogP contribution in [0.3, 0.4) is 0 Å². The number of phenolic OH excluding ortho intramolecular Hbond substituents is 1. The first-order valence-electron chi connectivity index (χ1n) is 10.3. The van der Waals surface area contributed by atoms with Crippen LogP contribution in [0.1, 0.15) is 39.2 Å². The monoisotopic (exact) mass is 387 g/mol. The SMILES string of the molecule is CC(C)(C)C1(c2ccccc2)CCN(c2cnnc(-c3ccccc3O)c2)CC1. The summed E-state index contributed by atoms with van der Waals surface area (Å²) in [6, 6.07) is 20.3. The Hall–Kier alpha value is -2.88. The summed E-state index contributed by atoms with van der Waals surface area (Å²) in [6.45, 7) is 9.02. The van der Waals surface area contributed by atoms with Gasteiger partial charge in [-0.2, -0.15) is 10.2 Å². The van der Waals surface area contributed by atoms with Crippen molar-refractivity contribution in [2.75, 3.05) is 18.0 Å². The van der Waals surface area contributed by atoms with Gasteiger partial charge in [0.1, 0.15) is 5.75 Å². The third-order valence-corrected chi connectivity index (χ3v) is 6.56. The van der Waals surface area contributed by atoms with E-state index in [-0.39, 0.29) is 16.6 Å². The number of para-hydroxylation sites is 1. The molecule has 29 heavy (non-hydrogen) atoms. The van der Waals surface area contributed by atoms with Crippen LogP contribution in [0.4, 0.5) is 5.69 Å². The largest absolute Gasteiger partial charge is 0.507 e. The molecule has 0 aliphatic carbocycles. The zero-order chi connectivity index (χ0) is 20.5. The van der Waals surface area contributed by atoms with Crippen molar-refractivity contribution in [1.82, 2.24) is 10.2 Å². The number of rotatable bonds is 3. The smallest absolute Gasteiger partial charge is 0.125 e. The molecule has 4 rings (SSSR count). The Morgan fingerprint density at radius 1 is 0.931 bits per heavy atom. The molecule has 1 fully saturated rings. The Morgan fingerprint density at radius 2 is 1.59 bits per heavy atom. The number of hydrogen-bond donors (Lipinski definition) is 1. The average Bonchev–Trinajstić information content (AvgIpc) is 2.74. The van der Waals surface area contributed by atoms with Gasteiger partial charge in [0.2, 0.25) is 0 Å². The third-order valence-electron chi connectivity index (χ3n) is 6.56. The number of phenols is 1. The molecular weight excluding hydrogens is 358 g/mol. The van der Waals surface area contributed by atoms with Crippen LogP contribution in [0.2, 0.25) is 0 Å². The van der Waals surface area contributed by atoms with Crippen molar-refractivity contribution in [3.8, 4) is 17.0 Å². The summed E-state index contributed by atoms with van der Waals surface area (Å²) in [4.78, 5) is 2.39. The first kappa shape index (κ1) is 19.4. The number of benzene rings is 2. The van der Waals surface area contributed by atoms with Crippen molar-refractivity contribution in [2.24, 2.45) is 5.41 Å². The van der Waals surface area contributed by atoms with Gasteiger partial charge in [-0.05, 0) is 42.0 Å². The first-order chi connectivity index (χ1) is 13.9. The molecule has 1 saturated heterocycles. The molecule has 150 valence electrons. The Bertz CT molecular complexity index is 971. The van der Waals surface area contributed by atoms with E-state index < -0.39 is 0 Å². The maximum atomic E-state index is 10.2. The Morgan fingerprint density at radius 3 is 2.24 bits per heavy atom. The van der Waals surface area contributed by atoms with Crippen molar-refractivity contribution < 1.29 is 5.11 Å². The molecule has 1 aromatic heterocycles. The van der Waals surface area contributed by atoms with Crippen LogP contribution in [0, 0.1) is 5.41 Å². The van der Waals surface area contributed by atoms with Crippen LogP contribution in [-0.2, 0) is 5.41 Å². The van der Waals surface area contributed by atoms with Crippen molar-refractivity contribution in [1.29, 1.82) is 0 Å². The lowest BCUT2D eigenvalue weighted by Crippen LogP contribution is -2.49. The number of aromatic nitrogens is 2. The van der Waals surface area contributed by atoms with Crippen LogP contribution < -0.4 is 4.90 Å². The van der Waals surface area contributed by atoms with Gasteiger partial charge in [0.05, 0.1) is 17.6 Å². The van der Waals surface area contributed by atoms with E-state index >= 15 is 0 Å². The second-order valence-corrected chi connectivity index (χ2v) is 9.00. The van der Waals surface area contributed by atoms with E-state index in [2.05, 4.69) is 66.2 Å².